The van der Waals surface area contributed by atoms with Crippen molar-refractivity contribution < 1.29 is 56.8 Å². The maximum atomic E-state index is 12.1. The summed E-state index contributed by atoms with van der Waals surface area (Å²) < 4.78 is 42.0. The molecule has 0 spiro atoms. The van der Waals surface area contributed by atoms with Gasteiger partial charge in [-0.3, -0.25) is 0 Å². The molecule has 4 rings (SSSR count). The van der Waals surface area contributed by atoms with Gasteiger partial charge in [-0.05, 0) is 52.7 Å². The van der Waals surface area contributed by atoms with Gasteiger partial charge in [-0.25, -0.2) is 29.2 Å². The molecule has 2 heterocycles. The van der Waals surface area contributed by atoms with Crippen LogP contribution in [0.2, 0.25) is 0 Å². The first-order chi connectivity index (χ1) is 25.6. The Kier molecular flexibility index (Phi) is 18.3. The van der Waals surface area contributed by atoms with Crippen LogP contribution in [0.25, 0.3) is 0 Å². The predicted octanol–water partition coefficient (Wildman–Crippen LogP) is 5.95. The fourth-order valence-corrected chi connectivity index (χ4v) is 4.47. The Hall–Kier alpha value is -5.48. The molecule has 2 aromatic carbocycles. The van der Waals surface area contributed by atoms with E-state index in [-0.39, 0.29) is 44.7 Å². The molecular formula is C39H54N4O12. The van der Waals surface area contributed by atoms with Gasteiger partial charge in [-0.15, -0.1) is 0 Å². The molecule has 2 amide bonds. The van der Waals surface area contributed by atoms with Gasteiger partial charge in [-0.2, -0.15) is 0 Å². The number of nitrogens with zero attached hydrogens (tertiary/aromatic N) is 2. The molecule has 1 aliphatic rings. The Bertz CT molecular complexity index is 1670. The molecule has 302 valence electrons. The molecule has 3 unspecified atom stereocenters. The topological polar surface area (TPSA) is 195 Å². The van der Waals surface area contributed by atoms with Crippen LogP contribution in [-0.4, -0.2) is 92.3 Å². The second-order valence-electron chi connectivity index (χ2n) is 13.8. The second-order valence-corrected chi connectivity index (χ2v) is 13.8. The number of ether oxygens (including phenoxy) is 7. The number of aromatic nitrogens is 1. The van der Waals surface area contributed by atoms with Gasteiger partial charge in [0.25, 0.3) is 0 Å². The number of amides is 2. The molecule has 2 N–H and O–H groups in total. The number of carbonyl (C=O) groups is 4. The number of carbonyl (C=O) groups excluding carboxylic acids is 4. The van der Waals surface area contributed by atoms with Crippen molar-refractivity contribution in [2.24, 2.45) is 4.99 Å². The van der Waals surface area contributed by atoms with Crippen molar-refractivity contribution in [1.82, 2.24) is 15.6 Å². The number of hydrogen-bond acceptors (Lipinski definition) is 14. The van der Waals surface area contributed by atoms with Gasteiger partial charge in [0.1, 0.15) is 36.2 Å². The van der Waals surface area contributed by atoms with Crippen molar-refractivity contribution in [2.75, 3.05) is 34.0 Å². The number of oxazole rings is 1. The maximum Gasteiger partial charge on any atom is 0.408 e. The van der Waals surface area contributed by atoms with E-state index in [4.69, 9.17) is 28.1 Å². The Labute approximate surface area is 322 Å². The summed E-state index contributed by atoms with van der Waals surface area (Å²) >= 11 is 0. The monoisotopic (exact) mass is 770 g/mol. The average Bonchev–Trinajstić information content (AvgIpc) is 3.81. The van der Waals surface area contributed by atoms with E-state index in [1.807, 2.05) is 60.7 Å². The van der Waals surface area contributed by atoms with Crippen molar-refractivity contribution in [3.05, 3.63) is 89.6 Å². The number of alkyl carbamates (subject to hydrolysis) is 2. The third-order valence-electron chi connectivity index (χ3n) is 6.83. The van der Waals surface area contributed by atoms with Crippen LogP contribution in [0, 0.1) is 0 Å². The lowest BCUT2D eigenvalue weighted by Gasteiger charge is -2.23. The smallest absolute Gasteiger partial charge is 0.408 e. The first-order valence-corrected chi connectivity index (χ1v) is 17.1. The molecule has 16 nitrogen and oxygen atoms in total. The van der Waals surface area contributed by atoms with E-state index in [0.29, 0.717) is 13.2 Å². The maximum absolute atomic E-state index is 12.1. The van der Waals surface area contributed by atoms with Crippen LogP contribution in [-0.2, 0) is 51.2 Å². The standard InChI is InChI=1S/C19H26N2O6.C19H24N2O6.CH4/c2*1-19(2,3)27-18(23)21-14(11-25-10-13-8-6-5-7-9-13)16-20-15(12-26-16)17(22)24-4;/h5-9,14-15H,10-12H2,1-4H3,(H,21,23);5-9,12,14H,10-11H2,1-4H3,(H,21,23);1H4. The highest BCUT2D eigenvalue weighted by atomic mass is 16.6. The van der Waals surface area contributed by atoms with Gasteiger partial charge >= 0.3 is 24.1 Å². The highest BCUT2D eigenvalue weighted by Gasteiger charge is 2.33. The van der Waals surface area contributed by atoms with Crippen molar-refractivity contribution >= 4 is 30.0 Å². The van der Waals surface area contributed by atoms with Crippen LogP contribution in [0.4, 0.5) is 9.59 Å². The van der Waals surface area contributed by atoms with Crippen LogP contribution < -0.4 is 10.6 Å². The van der Waals surface area contributed by atoms with Crippen LogP contribution in [0.15, 0.2) is 76.3 Å². The predicted molar refractivity (Wildman–Crippen MR) is 201 cm³/mol. The summed E-state index contributed by atoms with van der Waals surface area (Å²) in [7, 11) is 2.53. The first-order valence-electron chi connectivity index (χ1n) is 17.1. The zero-order valence-electron chi connectivity index (χ0n) is 31.9. The average molecular weight is 771 g/mol. The minimum absolute atomic E-state index is 0. The lowest BCUT2D eigenvalue weighted by molar-refractivity contribution is -0.142. The number of esters is 2. The van der Waals surface area contributed by atoms with Gasteiger partial charge in [-0.1, -0.05) is 68.1 Å². The molecule has 1 aliphatic heterocycles. The highest BCUT2D eigenvalue weighted by molar-refractivity contribution is 5.90. The van der Waals surface area contributed by atoms with E-state index in [1.54, 1.807) is 41.5 Å². The van der Waals surface area contributed by atoms with Gasteiger partial charge in [0.05, 0.1) is 40.6 Å². The first kappa shape index (κ1) is 45.7. The third-order valence-corrected chi connectivity index (χ3v) is 6.83. The fourth-order valence-electron chi connectivity index (χ4n) is 4.47. The van der Waals surface area contributed by atoms with E-state index in [1.165, 1.54) is 20.5 Å². The van der Waals surface area contributed by atoms with Crippen molar-refractivity contribution in [2.45, 2.75) is 91.5 Å². The lowest BCUT2D eigenvalue weighted by Crippen LogP contribution is -2.46. The highest BCUT2D eigenvalue weighted by Crippen LogP contribution is 2.17. The molecule has 1 aromatic heterocycles. The van der Waals surface area contributed by atoms with Crippen LogP contribution in [0.3, 0.4) is 0 Å². The second kappa shape index (κ2) is 22.0. The molecule has 55 heavy (non-hydrogen) atoms. The van der Waals surface area contributed by atoms with E-state index in [0.717, 1.165) is 11.1 Å². The summed E-state index contributed by atoms with van der Waals surface area (Å²) in [5.41, 5.74) is 0.678. The third kappa shape index (κ3) is 17.0. The molecule has 0 radical (unpaired) electrons. The molecule has 0 saturated heterocycles. The summed E-state index contributed by atoms with van der Waals surface area (Å²) in [5, 5.41) is 5.34. The number of hydrogen-bond donors (Lipinski definition) is 2. The van der Waals surface area contributed by atoms with E-state index in [2.05, 4.69) is 30.1 Å². The van der Waals surface area contributed by atoms with Crippen molar-refractivity contribution in [1.29, 1.82) is 0 Å². The van der Waals surface area contributed by atoms with E-state index in [9.17, 15) is 19.2 Å². The minimum atomic E-state index is -0.748. The Balaban J connectivity index is 0.000000373. The fraction of sp³-hybridized carbons (Fsp3) is 0.487. The lowest BCUT2D eigenvalue weighted by atomic mass is 10.2. The van der Waals surface area contributed by atoms with Crippen molar-refractivity contribution in [3.63, 3.8) is 0 Å². The summed E-state index contributed by atoms with van der Waals surface area (Å²) in [5.74, 6) is -0.795. The molecule has 0 bridgehead atoms. The van der Waals surface area contributed by atoms with E-state index < -0.39 is 53.5 Å². The van der Waals surface area contributed by atoms with Gasteiger partial charge in [0.15, 0.2) is 11.7 Å². The minimum Gasteiger partial charge on any atom is -0.476 e. The Morgan fingerprint density at radius 3 is 1.73 bits per heavy atom. The number of methoxy groups -OCH3 is 2. The van der Waals surface area contributed by atoms with E-state index >= 15 is 0 Å². The molecule has 0 aliphatic carbocycles. The molecule has 0 fully saturated rings. The van der Waals surface area contributed by atoms with Gasteiger partial charge in [0.2, 0.25) is 11.8 Å². The summed E-state index contributed by atoms with van der Waals surface area (Å²) in [6.07, 6.45) is -0.0976. The number of benzene rings is 2. The summed E-state index contributed by atoms with van der Waals surface area (Å²) in [4.78, 5) is 55.7. The van der Waals surface area contributed by atoms with Crippen LogP contribution >= 0.6 is 0 Å². The quantitative estimate of drug-likeness (QED) is 0.144. The number of nitrogens with one attached hydrogen (secondary N) is 2. The van der Waals surface area contributed by atoms with Gasteiger partial charge in [0, 0.05) is 0 Å². The van der Waals surface area contributed by atoms with Crippen molar-refractivity contribution in [3.8, 4) is 0 Å². The molecule has 0 saturated carbocycles. The molecule has 3 aromatic rings. The molecule has 3 atom stereocenters. The van der Waals surface area contributed by atoms with Gasteiger partial charge < -0.3 is 48.2 Å². The summed E-state index contributed by atoms with van der Waals surface area (Å²) in [6.45, 7) is 11.5. The Morgan fingerprint density at radius 2 is 1.25 bits per heavy atom. The zero-order chi connectivity index (χ0) is 39.7. The number of aliphatic imine (C=N–C) groups is 1. The Morgan fingerprint density at radius 1 is 0.764 bits per heavy atom. The van der Waals surface area contributed by atoms with Crippen LogP contribution in [0.5, 0.6) is 0 Å². The zero-order valence-corrected chi connectivity index (χ0v) is 31.9. The van der Waals surface area contributed by atoms with Crippen LogP contribution in [0.1, 0.15) is 82.5 Å². The normalized spacial score (nSPS) is 14.6. The SMILES string of the molecule is C.COC(=O)C1COC(C(COCc2ccccc2)NC(=O)OC(C)(C)C)=N1.COC(=O)c1coc(C(COCc2ccccc2)NC(=O)OC(C)(C)C)n1. The largest absolute Gasteiger partial charge is 0.476 e. The summed E-state index contributed by atoms with van der Waals surface area (Å²) in [6, 6.07) is 17.1. The molecule has 16 heteroatoms. The molecular weight excluding hydrogens is 716 g/mol. The number of rotatable bonds is 14.